The van der Waals surface area contributed by atoms with Gasteiger partial charge in [-0.3, -0.25) is 4.79 Å². The first-order valence-electron chi connectivity index (χ1n) is 11.5. The van der Waals surface area contributed by atoms with E-state index in [0.29, 0.717) is 23.4 Å². The molecule has 0 spiro atoms. The van der Waals surface area contributed by atoms with Crippen molar-refractivity contribution >= 4 is 17.7 Å². The molecule has 1 unspecified atom stereocenters. The number of carboxylic acid groups (broad SMARTS) is 1. The average Bonchev–Trinajstić information content (AvgIpc) is 3.18. The fraction of sp³-hybridized carbons (Fsp3) is 0.423. The number of carbonyl (C=O) groups is 1. The van der Waals surface area contributed by atoms with Crippen LogP contribution in [0.5, 0.6) is 5.75 Å². The van der Waals surface area contributed by atoms with Crippen LogP contribution in [0.15, 0.2) is 30.3 Å². The van der Waals surface area contributed by atoms with E-state index in [4.69, 9.17) is 5.11 Å². The highest BCUT2D eigenvalue weighted by Gasteiger charge is 2.26. The number of nitrogens with one attached hydrogen (secondary N) is 2. The van der Waals surface area contributed by atoms with E-state index in [1.54, 1.807) is 24.3 Å². The second kappa shape index (κ2) is 9.35. The Morgan fingerprint density at radius 2 is 1.81 bits per heavy atom. The van der Waals surface area contributed by atoms with Crippen molar-refractivity contribution in [1.82, 2.24) is 5.32 Å². The zero-order valence-electron chi connectivity index (χ0n) is 18.7. The summed E-state index contributed by atoms with van der Waals surface area (Å²) in [6.07, 6.45) is 6.77. The number of aliphatic hydroxyl groups is 1. The lowest BCUT2D eigenvalue weighted by molar-refractivity contribution is -0.137. The maximum atomic E-state index is 11.0. The van der Waals surface area contributed by atoms with Crippen LogP contribution in [0.3, 0.4) is 0 Å². The molecule has 0 fully saturated rings. The van der Waals surface area contributed by atoms with E-state index in [1.807, 2.05) is 0 Å². The van der Waals surface area contributed by atoms with Crippen LogP contribution >= 0.6 is 0 Å². The Morgan fingerprint density at radius 1 is 1.16 bits per heavy atom. The van der Waals surface area contributed by atoms with E-state index in [0.717, 1.165) is 25.7 Å². The van der Waals surface area contributed by atoms with Crippen molar-refractivity contribution in [2.75, 3.05) is 11.9 Å². The minimum atomic E-state index is -0.912. The molecule has 1 heterocycles. The molecular weight excluding hydrogens is 404 g/mol. The van der Waals surface area contributed by atoms with Crippen molar-refractivity contribution in [3.8, 4) is 5.75 Å². The molecule has 0 aromatic heterocycles. The minimum absolute atomic E-state index is 0.0494. The Hall–Kier alpha value is -2.83. The lowest BCUT2D eigenvalue weighted by Crippen LogP contribution is -2.33. The van der Waals surface area contributed by atoms with Crippen molar-refractivity contribution in [2.24, 2.45) is 0 Å². The number of aliphatic hydroxyl groups excluding tert-OH is 1. The first-order valence-corrected chi connectivity index (χ1v) is 11.5. The number of aryl methyl sites for hydroxylation is 2. The highest BCUT2D eigenvalue weighted by atomic mass is 16.4. The first-order chi connectivity index (χ1) is 15.4. The number of aromatic hydroxyl groups is 1. The standard InChI is InChI=1S/C26H32N2O4/c1-3-15-9-17-11-20(12-18(17)10-16(15)4-2)27-14-24(30)21-7-8-23(29)26-22(21)6-5-19(28-26)13-25(31)32/h5-10,19-20,24,27-30H,3-4,11-14H2,1-2H3,(H,31,32)/t19-,24?/m0/s1. The molecule has 6 nitrogen and oxygen atoms in total. The first kappa shape index (κ1) is 22.4. The molecule has 0 amide bonds. The normalized spacial score (nSPS) is 18.2. The smallest absolute Gasteiger partial charge is 0.305 e. The molecule has 5 N–H and O–H groups in total. The summed E-state index contributed by atoms with van der Waals surface area (Å²) >= 11 is 0. The zero-order chi connectivity index (χ0) is 22.8. The summed E-state index contributed by atoms with van der Waals surface area (Å²) in [5.74, 6) is -0.862. The number of anilines is 1. The highest BCUT2D eigenvalue weighted by molar-refractivity contribution is 5.80. The monoisotopic (exact) mass is 436 g/mol. The number of phenolic OH excluding ortho intramolecular Hbond substituents is 1. The van der Waals surface area contributed by atoms with Crippen molar-refractivity contribution in [3.63, 3.8) is 0 Å². The third-order valence-electron chi connectivity index (χ3n) is 6.65. The van der Waals surface area contributed by atoms with Gasteiger partial charge in [-0.2, -0.15) is 0 Å². The molecule has 32 heavy (non-hydrogen) atoms. The summed E-state index contributed by atoms with van der Waals surface area (Å²) in [4.78, 5) is 11.0. The Morgan fingerprint density at radius 3 is 2.41 bits per heavy atom. The molecular formula is C26H32N2O4. The van der Waals surface area contributed by atoms with Gasteiger partial charge in [-0.25, -0.2) is 0 Å². The molecule has 170 valence electrons. The van der Waals surface area contributed by atoms with Gasteiger partial charge in [-0.05, 0) is 59.6 Å². The lowest BCUT2D eigenvalue weighted by Gasteiger charge is -2.26. The number of phenols is 1. The van der Waals surface area contributed by atoms with E-state index in [9.17, 15) is 15.0 Å². The van der Waals surface area contributed by atoms with Crippen LogP contribution in [-0.4, -0.2) is 39.9 Å². The van der Waals surface area contributed by atoms with E-state index in [1.165, 1.54) is 22.3 Å². The van der Waals surface area contributed by atoms with Crippen LogP contribution in [0.1, 0.15) is 59.8 Å². The van der Waals surface area contributed by atoms with Gasteiger partial charge in [0.15, 0.2) is 0 Å². The van der Waals surface area contributed by atoms with Crippen molar-refractivity contribution < 1.29 is 20.1 Å². The topological polar surface area (TPSA) is 102 Å². The number of aliphatic carboxylic acids is 1. The van der Waals surface area contributed by atoms with Crippen LogP contribution < -0.4 is 10.6 Å². The van der Waals surface area contributed by atoms with Crippen LogP contribution in [-0.2, 0) is 30.5 Å². The van der Waals surface area contributed by atoms with Crippen molar-refractivity contribution in [3.05, 3.63) is 63.7 Å². The largest absolute Gasteiger partial charge is 0.506 e. The highest BCUT2D eigenvalue weighted by Crippen LogP contribution is 2.37. The maximum absolute atomic E-state index is 11.0. The van der Waals surface area contributed by atoms with Crippen LogP contribution in [0.25, 0.3) is 6.08 Å². The fourth-order valence-corrected chi connectivity index (χ4v) is 4.96. The maximum Gasteiger partial charge on any atom is 0.305 e. The molecule has 2 aliphatic rings. The molecule has 0 saturated carbocycles. The molecule has 0 bridgehead atoms. The Labute approximate surface area is 189 Å². The van der Waals surface area contributed by atoms with E-state index in [2.05, 4.69) is 36.6 Å². The van der Waals surface area contributed by atoms with Gasteiger partial charge in [0.05, 0.1) is 24.3 Å². The van der Waals surface area contributed by atoms with E-state index in [-0.39, 0.29) is 18.2 Å². The van der Waals surface area contributed by atoms with Gasteiger partial charge in [0.25, 0.3) is 0 Å². The Kier molecular flexibility index (Phi) is 6.53. The number of fused-ring (bicyclic) bond motifs is 2. The quantitative estimate of drug-likeness (QED) is 0.406. The number of carboxylic acids is 1. The lowest BCUT2D eigenvalue weighted by atomic mass is 9.95. The summed E-state index contributed by atoms with van der Waals surface area (Å²) in [6.45, 7) is 4.81. The summed E-state index contributed by atoms with van der Waals surface area (Å²) in [6, 6.07) is 7.88. The zero-order valence-corrected chi connectivity index (χ0v) is 18.7. The molecule has 1 aliphatic heterocycles. The van der Waals surface area contributed by atoms with Crippen molar-refractivity contribution in [2.45, 2.75) is 64.1 Å². The average molecular weight is 437 g/mol. The number of hydrogen-bond acceptors (Lipinski definition) is 5. The molecule has 0 radical (unpaired) electrons. The van der Waals surface area contributed by atoms with Crippen LogP contribution in [0.2, 0.25) is 0 Å². The fourth-order valence-electron chi connectivity index (χ4n) is 4.96. The van der Waals surface area contributed by atoms with Gasteiger partial charge in [0, 0.05) is 18.2 Å². The van der Waals surface area contributed by atoms with E-state index >= 15 is 0 Å². The summed E-state index contributed by atoms with van der Waals surface area (Å²) in [5, 5.41) is 36.8. The third kappa shape index (κ3) is 4.52. The number of rotatable bonds is 8. The van der Waals surface area contributed by atoms with Crippen LogP contribution in [0.4, 0.5) is 5.69 Å². The minimum Gasteiger partial charge on any atom is -0.506 e. The molecule has 0 saturated heterocycles. The molecule has 4 rings (SSSR count). The second-order valence-electron chi connectivity index (χ2n) is 8.80. The van der Waals surface area contributed by atoms with Gasteiger partial charge in [0.2, 0.25) is 0 Å². The summed E-state index contributed by atoms with van der Waals surface area (Å²) < 4.78 is 0. The molecule has 2 atom stereocenters. The Balaban J connectivity index is 1.43. The molecule has 1 aliphatic carbocycles. The van der Waals surface area contributed by atoms with Gasteiger partial charge < -0.3 is 26.0 Å². The van der Waals surface area contributed by atoms with E-state index < -0.39 is 18.1 Å². The van der Waals surface area contributed by atoms with Gasteiger partial charge >= 0.3 is 5.97 Å². The number of benzene rings is 2. The van der Waals surface area contributed by atoms with Crippen LogP contribution in [0, 0.1) is 0 Å². The predicted molar refractivity (Wildman–Crippen MR) is 126 cm³/mol. The SMILES string of the molecule is CCc1cc2c(cc1CC)CC(NCC(O)c1ccc(O)c3c1C=C[C@@H](CC(=O)O)N3)C2. The summed E-state index contributed by atoms with van der Waals surface area (Å²) in [5.41, 5.74) is 7.57. The van der Waals surface area contributed by atoms with Crippen molar-refractivity contribution in [1.29, 1.82) is 0 Å². The number of hydrogen-bond donors (Lipinski definition) is 5. The second-order valence-corrected chi connectivity index (χ2v) is 8.80. The van der Waals surface area contributed by atoms with Gasteiger partial charge in [-0.1, -0.05) is 44.2 Å². The molecule has 2 aromatic rings. The third-order valence-corrected chi connectivity index (χ3v) is 6.65. The predicted octanol–water partition coefficient (Wildman–Crippen LogP) is 3.59. The summed E-state index contributed by atoms with van der Waals surface area (Å²) in [7, 11) is 0. The van der Waals surface area contributed by atoms with Gasteiger partial charge in [0.1, 0.15) is 5.75 Å². The Bertz CT molecular complexity index is 1010. The molecule has 6 heteroatoms. The molecule has 2 aromatic carbocycles. The van der Waals surface area contributed by atoms with Gasteiger partial charge in [-0.15, -0.1) is 0 Å².